The highest BCUT2D eigenvalue weighted by molar-refractivity contribution is 5.33. The van der Waals surface area contributed by atoms with E-state index in [1.54, 1.807) is 38.5 Å². The second-order valence-corrected chi connectivity index (χ2v) is 8.68. The predicted molar refractivity (Wildman–Crippen MR) is 117 cm³/mol. The topological polar surface area (TPSA) is 99.6 Å². The van der Waals surface area contributed by atoms with Crippen LogP contribution in [-0.2, 0) is 0 Å². The van der Waals surface area contributed by atoms with E-state index in [0.717, 1.165) is 49.9 Å². The molecule has 1 N–H and O–H groups in total. The van der Waals surface area contributed by atoms with Crippen molar-refractivity contribution in [2.24, 2.45) is 0 Å². The van der Waals surface area contributed by atoms with Gasteiger partial charge in [0, 0.05) is 36.2 Å². The molecule has 162 valence electrons. The van der Waals surface area contributed by atoms with Crippen LogP contribution in [0, 0.1) is 13.8 Å². The normalized spacial score (nSPS) is 21.2. The smallest absolute Gasteiger partial charge is 0.293 e. The maximum atomic E-state index is 12.6. The Morgan fingerprint density at radius 1 is 0.968 bits per heavy atom. The lowest BCUT2D eigenvalue weighted by Gasteiger charge is -2.29. The minimum absolute atomic E-state index is 0.0364. The van der Waals surface area contributed by atoms with Crippen molar-refractivity contribution in [3.8, 4) is 5.82 Å². The molecule has 0 bridgehead atoms. The van der Waals surface area contributed by atoms with Gasteiger partial charge in [0.05, 0.1) is 11.7 Å². The third-order valence-corrected chi connectivity index (χ3v) is 6.23. The van der Waals surface area contributed by atoms with Gasteiger partial charge >= 0.3 is 0 Å². The highest BCUT2D eigenvalue weighted by atomic mass is 16.1. The van der Waals surface area contributed by atoms with Crippen molar-refractivity contribution < 1.29 is 0 Å². The van der Waals surface area contributed by atoms with Gasteiger partial charge < -0.3 is 9.88 Å². The minimum atomic E-state index is -0.0984. The first kappa shape index (κ1) is 19.7. The molecule has 2 fully saturated rings. The first-order valence-corrected chi connectivity index (χ1v) is 11.0. The van der Waals surface area contributed by atoms with Crippen LogP contribution in [0.1, 0.15) is 62.0 Å². The zero-order valence-electron chi connectivity index (χ0n) is 17.9. The molecule has 0 aromatic carbocycles. The summed E-state index contributed by atoms with van der Waals surface area (Å²) >= 11 is 0. The van der Waals surface area contributed by atoms with Crippen LogP contribution >= 0.6 is 0 Å². The van der Waals surface area contributed by atoms with E-state index in [-0.39, 0.29) is 23.2 Å². The van der Waals surface area contributed by atoms with E-state index >= 15 is 0 Å². The Bertz CT molecular complexity index is 1210. The molecule has 0 aliphatic heterocycles. The van der Waals surface area contributed by atoms with E-state index in [9.17, 15) is 9.59 Å². The van der Waals surface area contributed by atoms with Gasteiger partial charge in [-0.05, 0) is 64.5 Å². The number of hydrogen-bond donors (Lipinski definition) is 1. The summed E-state index contributed by atoms with van der Waals surface area (Å²) < 4.78 is 5.15. The molecular weight excluding hydrogens is 394 g/mol. The summed E-state index contributed by atoms with van der Waals surface area (Å²) in [4.78, 5) is 29.4. The van der Waals surface area contributed by atoms with Crippen LogP contribution in [0.5, 0.6) is 0 Å². The number of anilines is 1. The van der Waals surface area contributed by atoms with Crippen LogP contribution in [0.4, 0.5) is 5.82 Å². The van der Waals surface area contributed by atoms with Crippen molar-refractivity contribution in [3.63, 3.8) is 0 Å². The lowest BCUT2D eigenvalue weighted by atomic mass is 9.91. The van der Waals surface area contributed by atoms with Crippen LogP contribution in [-0.4, -0.2) is 35.2 Å². The zero-order valence-corrected chi connectivity index (χ0v) is 17.9. The maximum Gasteiger partial charge on any atom is 0.293 e. The number of nitrogens with zero attached hydrogens (tertiary/aromatic N) is 6. The molecule has 9 nitrogen and oxygen atoms in total. The summed E-state index contributed by atoms with van der Waals surface area (Å²) in [5, 5.41) is 12.4. The zero-order chi connectivity index (χ0) is 21.5. The average Bonchev–Trinajstić information content (AvgIpc) is 3.54. The number of hydrogen-bond acceptors (Lipinski definition) is 6. The first-order chi connectivity index (χ1) is 15.0. The summed E-state index contributed by atoms with van der Waals surface area (Å²) in [7, 11) is 0. The van der Waals surface area contributed by atoms with Gasteiger partial charge in [0.15, 0.2) is 11.6 Å². The molecule has 0 spiro atoms. The summed E-state index contributed by atoms with van der Waals surface area (Å²) in [5.74, 6) is 1.08. The average molecular weight is 422 g/mol. The number of aryl methyl sites for hydroxylation is 2. The van der Waals surface area contributed by atoms with Crippen LogP contribution in [0.25, 0.3) is 5.82 Å². The standard InChI is InChI=1S/C22H27N7O2/c1-14-13-15(2)28(25-14)19-9-10-20(30)29(26-19)18-5-3-16(4-6-18)24-21-22(31)27(12-11-23-21)17-7-8-17/h9-13,16-18H,3-8H2,1-2H3,(H,23,24). The Balaban J connectivity index is 1.29. The fourth-order valence-electron chi connectivity index (χ4n) is 4.47. The van der Waals surface area contributed by atoms with Crippen molar-refractivity contribution in [3.05, 3.63) is 62.7 Å². The number of aromatic nitrogens is 6. The molecule has 3 aromatic rings. The van der Waals surface area contributed by atoms with Crippen molar-refractivity contribution in [1.82, 2.24) is 29.1 Å². The molecular formula is C22H27N7O2. The van der Waals surface area contributed by atoms with Gasteiger partial charge in [0.2, 0.25) is 0 Å². The van der Waals surface area contributed by atoms with Gasteiger partial charge in [0.1, 0.15) is 0 Å². The van der Waals surface area contributed by atoms with Crippen LogP contribution in [0.3, 0.4) is 0 Å². The molecule has 9 heteroatoms. The molecule has 0 unspecified atom stereocenters. The predicted octanol–water partition coefficient (Wildman–Crippen LogP) is 2.53. The van der Waals surface area contributed by atoms with Crippen molar-refractivity contribution >= 4 is 5.82 Å². The monoisotopic (exact) mass is 421 g/mol. The van der Waals surface area contributed by atoms with E-state index in [1.165, 1.54) is 0 Å². The van der Waals surface area contributed by atoms with Gasteiger partial charge in [-0.1, -0.05) is 0 Å². The molecule has 2 aliphatic rings. The minimum Gasteiger partial charge on any atom is -0.363 e. The van der Waals surface area contributed by atoms with Crippen LogP contribution < -0.4 is 16.4 Å². The molecule has 5 rings (SSSR count). The Labute approximate surface area is 179 Å². The quantitative estimate of drug-likeness (QED) is 0.680. The molecule has 3 heterocycles. The highest BCUT2D eigenvalue weighted by Crippen LogP contribution is 2.33. The number of rotatable bonds is 5. The molecule has 3 aromatic heterocycles. The van der Waals surface area contributed by atoms with Crippen molar-refractivity contribution in [2.45, 2.75) is 70.5 Å². The SMILES string of the molecule is Cc1cc(C)n(-c2ccc(=O)n(C3CCC(Nc4nccn(C5CC5)c4=O)CC3)n2)n1. The molecule has 31 heavy (non-hydrogen) atoms. The second kappa shape index (κ2) is 7.79. The largest absolute Gasteiger partial charge is 0.363 e. The van der Waals surface area contributed by atoms with Gasteiger partial charge in [-0.15, -0.1) is 5.10 Å². The van der Waals surface area contributed by atoms with Gasteiger partial charge in [-0.2, -0.15) is 5.10 Å². The summed E-state index contributed by atoms with van der Waals surface area (Å²) in [5.41, 5.74) is 1.76. The van der Waals surface area contributed by atoms with E-state index in [1.807, 2.05) is 19.9 Å². The van der Waals surface area contributed by atoms with Gasteiger partial charge in [0.25, 0.3) is 11.1 Å². The summed E-state index contributed by atoms with van der Waals surface area (Å²) in [6.07, 6.45) is 8.92. The fourth-order valence-corrected chi connectivity index (χ4v) is 4.47. The Morgan fingerprint density at radius 3 is 2.39 bits per heavy atom. The highest BCUT2D eigenvalue weighted by Gasteiger charge is 2.27. The molecule has 0 amide bonds. The van der Waals surface area contributed by atoms with Crippen LogP contribution in [0.15, 0.2) is 40.2 Å². The number of nitrogens with one attached hydrogen (secondary N) is 1. The molecule has 0 atom stereocenters. The van der Waals surface area contributed by atoms with Crippen molar-refractivity contribution in [2.75, 3.05) is 5.32 Å². The van der Waals surface area contributed by atoms with Gasteiger partial charge in [-0.25, -0.2) is 14.3 Å². The van der Waals surface area contributed by atoms with Crippen molar-refractivity contribution in [1.29, 1.82) is 0 Å². The lowest BCUT2D eigenvalue weighted by Crippen LogP contribution is -2.35. The molecule has 0 saturated heterocycles. The van der Waals surface area contributed by atoms with Crippen LogP contribution in [0.2, 0.25) is 0 Å². The Hall–Kier alpha value is -3.23. The maximum absolute atomic E-state index is 12.6. The molecule has 2 aliphatic carbocycles. The Morgan fingerprint density at radius 2 is 1.71 bits per heavy atom. The molecule has 2 saturated carbocycles. The van der Waals surface area contributed by atoms with E-state index in [2.05, 4.69) is 20.5 Å². The third-order valence-electron chi connectivity index (χ3n) is 6.23. The summed E-state index contributed by atoms with van der Waals surface area (Å²) in [6, 6.07) is 5.81. The van der Waals surface area contributed by atoms with Gasteiger partial charge in [-0.3, -0.25) is 9.59 Å². The molecule has 0 radical (unpaired) electrons. The fraction of sp³-hybridized carbons (Fsp3) is 0.500. The van der Waals surface area contributed by atoms with E-state index in [0.29, 0.717) is 17.7 Å². The second-order valence-electron chi connectivity index (χ2n) is 8.68. The first-order valence-electron chi connectivity index (χ1n) is 11.0. The lowest BCUT2D eigenvalue weighted by molar-refractivity contribution is 0.302. The Kier molecular flexibility index (Phi) is 4.95. The summed E-state index contributed by atoms with van der Waals surface area (Å²) in [6.45, 7) is 3.91. The third kappa shape index (κ3) is 3.92. The van der Waals surface area contributed by atoms with E-state index in [4.69, 9.17) is 0 Å². The van der Waals surface area contributed by atoms with E-state index < -0.39 is 0 Å².